The van der Waals surface area contributed by atoms with E-state index in [2.05, 4.69) is 31.0 Å². The third-order valence-corrected chi connectivity index (χ3v) is 4.84. The average Bonchev–Trinajstić information content (AvgIpc) is 2.77. The molecule has 0 aliphatic rings. The summed E-state index contributed by atoms with van der Waals surface area (Å²) in [6, 6.07) is 0. The summed E-state index contributed by atoms with van der Waals surface area (Å²) in [6.45, 7) is 9.75. The molecule has 0 saturated carbocycles. The fourth-order valence-electron chi connectivity index (χ4n) is 2.31. The lowest BCUT2D eigenvalue weighted by Crippen LogP contribution is -2.27. The summed E-state index contributed by atoms with van der Waals surface area (Å²) in [5.74, 6) is 1.80. The highest BCUT2D eigenvalue weighted by Crippen LogP contribution is 2.33. The third kappa shape index (κ3) is 3.51. The molecule has 0 amide bonds. The monoisotopic (exact) mass is 308 g/mol. The molecule has 0 fully saturated rings. The maximum atomic E-state index is 5.15. The number of hydrogen-bond acceptors (Lipinski definition) is 6. The van der Waals surface area contributed by atoms with Gasteiger partial charge in [0.25, 0.3) is 0 Å². The number of fused-ring (bicyclic) bond motifs is 1. The first-order chi connectivity index (χ1) is 10.1. The third-order valence-electron chi connectivity index (χ3n) is 3.74. The van der Waals surface area contributed by atoms with E-state index in [4.69, 9.17) is 14.7 Å². The van der Waals surface area contributed by atoms with Gasteiger partial charge in [0.2, 0.25) is 0 Å². The molecule has 0 aliphatic heterocycles. The molecule has 0 atom stereocenters. The van der Waals surface area contributed by atoms with Crippen LogP contribution in [0.4, 0.5) is 5.82 Å². The number of anilines is 1. The zero-order chi connectivity index (χ0) is 15.4. The van der Waals surface area contributed by atoms with E-state index >= 15 is 0 Å². The first-order valence-electron chi connectivity index (χ1n) is 7.26. The van der Waals surface area contributed by atoms with Gasteiger partial charge in [-0.2, -0.15) is 0 Å². The minimum absolute atomic E-state index is 0.728. The first-order valence-corrected chi connectivity index (χ1v) is 8.08. The van der Waals surface area contributed by atoms with Crippen LogP contribution in [0, 0.1) is 13.8 Å². The van der Waals surface area contributed by atoms with Crippen LogP contribution in [0.3, 0.4) is 0 Å². The standard InChI is InChI=1S/C15H24N4OS/c1-6-19(7-8-20-5)9-12-17-14(16-4)13-10(2)11(3)21-15(13)18-12/h6-9H2,1-5H3,(H,16,17,18). The summed E-state index contributed by atoms with van der Waals surface area (Å²) in [5.41, 5.74) is 1.28. The Balaban J connectivity index is 2.32. The van der Waals surface area contributed by atoms with E-state index in [1.807, 2.05) is 7.05 Å². The summed E-state index contributed by atoms with van der Waals surface area (Å²) in [5, 5.41) is 4.37. The Morgan fingerprint density at radius 1 is 1.29 bits per heavy atom. The summed E-state index contributed by atoms with van der Waals surface area (Å²) in [7, 11) is 3.65. The second kappa shape index (κ2) is 7.15. The van der Waals surface area contributed by atoms with Crippen LogP contribution >= 0.6 is 11.3 Å². The largest absolute Gasteiger partial charge is 0.383 e. The van der Waals surface area contributed by atoms with Gasteiger partial charge in [-0.15, -0.1) is 11.3 Å². The molecule has 0 unspecified atom stereocenters. The van der Waals surface area contributed by atoms with Crippen molar-refractivity contribution in [2.75, 3.05) is 39.2 Å². The molecule has 6 heteroatoms. The topological polar surface area (TPSA) is 50.3 Å². The number of hydrogen-bond donors (Lipinski definition) is 1. The van der Waals surface area contributed by atoms with Crippen molar-refractivity contribution in [3.63, 3.8) is 0 Å². The van der Waals surface area contributed by atoms with Crippen LogP contribution in [-0.4, -0.2) is 48.7 Å². The summed E-state index contributed by atoms with van der Waals surface area (Å²) in [6.07, 6.45) is 0. The minimum atomic E-state index is 0.728. The van der Waals surface area contributed by atoms with Crippen molar-refractivity contribution in [1.29, 1.82) is 0 Å². The van der Waals surface area contributed by atoms with E-state index in [0.29, 0.717) is 0 Å². The first kappa shape index (κ1) is 16.1. The molecule has 0 radical (unpaired) electrons. The average molecular weight is 308 g/mol. The Morgan fingerprint density at radius 2 is 2.05 bits per heavy atom. The van der Waals surface area contributed by atoms with E-state index in [1.165, 1.54) is 10.4 Å². The number of likely N-dealkylation sites (N-methyl/N-ethyl adjacent to an activating group) is 1. The summed E-state index contributed by atoms with van der Waals surface area (Å²) < 4.78 is 5.15. The van der Waals surface area contributed by atoms with Gasteiger partial charge >= 0.3 is 0 Å². The van der Waals surface area contributed by atoms with Gasteiger partial charge in [0.15, 0.2) is 0 Å². The highest BCUT2D eigenvalue weighted by atomic mass is 32.1. The fraction of sp³-hybridized carbons (Fsp3) is 0.600. The molecule has 21 heavy (non-hydrogen) atoms. The molecule has 0 spiro atoms. The van der Waals surface area contributed by atoms with Gasteiger partial charge in [0.05, 0.1) is 18.5 Å². The van der Waals surface area contributed by atoms with Crippen molar-refractivity contribution in [3.8, 4) is 0 Å². The van der Waals surface area contributed by atoms with Crippen molar-refractivity contribution in [2.45, 2.75) is 27.3 Å². The minimum Gasteiger partial charge on any atom is -0.383 e. The van der Waals surface area contributed by atoms with Crippen molar-refractivity contribution in [2.24, 2.45) is 0 Å². The molecule has 0 saturated heterocycles. The van der Waals surface area contributed by atoms with Crippen molar-refractivity contribution in [3.05, 3.63) is 16.3 Å². The zero-order valence-corrected chi connectivity index (χ0v) is 14.3. The zero-order valence-electron chi connectivity index (χ0n) is 13.5. The molecule has 5 nitrogen and oxygen atoms in total. The molecule has 116 valence electrons. The number of rotatable bonds is 7. The van der Waals surface area contributed by atoms with Gasteiger partial charge in [-0.05, 0) is 26.0 Å². The van der Waals surface area contributed by atoms with Crippen molar-refractivity contribution in [1.82, 2.24) is 14.9 Å². The summed E-state index contributed by atoms with van der Waals surface area (Å²) in [4.78, 5) is 14.1. The Bertz CT molecular complexity index is 611. The Labute approximate surface area is 130 Å². The van der Waals surface area contributed by atoms with E-state index in [-0.39, 0.29) is 0 Å². The van der Waals surface area contributed by atoms with Gasteiger partial charge in [0.1, 0.15) is 16.5 Å². The number of aromatic nitrogens is 2. The number of methoxy groups -OCH3 is 1. The number of ether oxygens (including phenoxy) is 1. The number of nitrogens with zero attached hydrogens (tertiary/aromatic N) is 3. The van der Waals surface area contributed by atoms with Gasteiger partial charge in [-0.25, -0.2) is 9.97 Å². The number of nitrogens with one attached hydrogen (secondary N) is 1. The normalized spacial score (nSPS) is 11.5. The van der Waals surface area contributed by atoms with Crippen LogP contribution in [0.15, 0.2) is 0 Å². The SMILES string of the molecule is CCN(CCOC)Cc1nc(NC)c2c(C)c(C)sc2n1. The Kier molecular flexibility index (Phi) is 5.50. The van der Waals surface area contributed by atoms with E-state index in [9.17, 15) is 0 Å². The predicted octanol–water partition coefficient (Wildman–Crippen LogP) is 2.82. The highest BCUT2D eigenvalue weighted by molar-refractivity contribution is 7.18. The van der Waals surface area contributed by atoms with Gasteiger partial charge < -0.3 is 10.1 Å². The maximum absolute atomic E-state index is 5.15. The molecule has 2 rings (SSSR count). The lowest BCUT2D eigenvalue weighted by molar-refractivity contribution is 0.146. The summed E-state index contributed by atoms with van der Waals surface area (Å²) >= 11 is 1.74. The smallest absolute Gasteiger partial charge is 0.146 e. The van der Waals surface area contributed by atoms with Crippen molar-refractivity contribution >= 4 is 27.4 Å². The van der Waals surface area contributed by atoms with Crippen LogP contribution in [0.1, 0.15) is 23.2 Å². The molecule has 0 bridgehead atoms. The molecule has 0 aromatic carbocycles. The number of thiophene rings is 1. The lowest BCUT2D eigenvalue weighted by atomic mass is 10.2. The van der Waals surface area contributed by atoms with E-state index in [0.717, 1.165) is 48.1 Å². The van der Waals surface area contributed by atoms with Crippen LogP contribution in [0.25, 0.3) is 10.2 Å². The van der Waals surface area contributed by atoms with E-state index < -0.39 is 0 Å². The van der Waals surface area contributed by atoms with Gasteiger partial charge in [-0.3, -0.25) is 4.90 Å². The van der Waals surface area contributed by atoms with E-state index in [1.54, 1.807) is 18.4 Å². The molecular weight excluding hydrogens is 284 g/mol. The second-order valence-corrected chi connectivity index (χ2v) is 6.27. The molecule has 2 aromatic rings. The van der Waals surface area contributed by atoms with Gasteiger partial charge in [0, 0.05) is 25.6 Å². The molecule has 0 aliphatic carbocycles. The van der Waals surface area contributed by atoms with Crippen molar-refractivity contribution < 1.29 is 4.74 Å². The molecular formula is C15H24N4OS. The molecule has 2 aromatic heterocycles. The Hall–Kier alpha value is -1.24. The maximum Gasteiger partial charge on any atom is 0.146 e. The molecule has 2 heterocycles. The van der Waals surface area contributed by atoms with Gasteiger partial charge in [-0.1, -0.05) is 6.92 Å². The van der Waals surface area contributed by atoms with Crippen LogP contribution < -0.4 is 5.32 Å². The highest BCUT2D eigenvalue weighted by Gasteiger charge is 2.15. The second-order valence-electron chi connectivity index (χ2n) is 5.06. The number of aryl methyl sites for hydroxylation is 2. The van der Waals surface area contributed by atoms with Crippen LogP contribution in [-0.2, 0) is 11.3 Å². The molecule has 1 N–H and O–H groups in total. The fourth-order valence-corrected chi connectivity index (χ4v) is 3.36. The predicted molar refractivity (Wildman–Crippen MR) is 89.3 cm³/mol. The van der Waals surface area contributed by atoms with Crippen LogP contribution in [0.5, 0.6) is 0 Å². The quantitative estimate of drug-likeness (QED) is 0.852. The lowest BCUT2D eigenvalue weighted by Gasteiger charge is -2.19. The van der Waals surface area contributed by atoms with Crippen LogP contribution in [0.2, 0.25) is 0 Å². The Morgan fingerprint density at radius 3 is 2.67 bits per heavy atom.